The van der Waals surface area contributed by atoms with E-state index in [4.69, 9.17) is 0 Å². The predicted octanol–water partition coefficient (Wildman–Crippen LogP) is 1.16. The predicted molar refractivity (Wildman–Crippen MR) is 99.5 cm³/mol. The Bertz CT molecular complexity index is 802. The molecule has 0 bridgehead atoms. The van der Waals surface area contributed by atoms with Gasteiger partial charge in [-0.1, -0.05) is 6.07 Å². The van der Waals surface area contributed by atoms with Crippen LogP contribution in [0.4, 0.5) is 0 Å². The van der Waals surface area contributed by atoms with Gasteiger partial charge in [0.05, 0.1) is 23.6 Å². The average Bonchev–Trinajstić information content (AvgIpc) is 3.36. The minimum Gasteiger partial charge on any atom is -0.352 e. The Morgan fingerprint density at radius 2 is 1.92 bits per heavy atom. The Kier molecular flexibility index (Phi) is 5.12. The fraction of sp³-hybridized carbons (Fsp3) is 0.556. The van der Waals surface area contributed by atoms with Gasteiger partial charge in [-0.15, -0.1) is 0 Å². The van der Waals surface area contributed by atoms with Crippen molar-refractivity contribution in [3.8, 4) is 0 Å². The number of nitrogens with one attached hydrogen (secondary N) is 2. The van der Waals surface area contributed by atoms with Crippen molar-refractivity contribution in [3.05, 3.63) is 23.8 Å². The van der Waals surface area contributed by atoms with E-state index in [1.54, 1.807) is 0 Å². The van der Waals surface area contributed by atoms with Gasteiger partial charge in [0.2, 0.25) is 11.8 Å². The zero-order valence-electron chi connectivity index (χ0n) is 14.6. The van der Waals surface area contributed by atoms with E-state index in [1.807, 2.05) is 23.1 Å². The van der Waals surface area contributed by atoms with Gasteiger partial charge < -0.3 is 15.5 Å². The van der Waals surface area contributed by atoms with E-state index < -0.39 is 0 Å². The van der Waals surface area contributed by atoms with Crippen LogP contribution in [0.5, 0.6) is 0 Å². The molecule has 2 aliphatic heterocycles. The number of aromatic nitrogens is 2. The highest BCUT2D eigenvalue weighted by Crippen LogP contribution is 2.21. The molecule has 8 heteroatoms. The summed E-state index contributed by atoms with van der Waals surface area (Å²) in [5.41, 5.74) is 2.74. The van der Waals surface area contributed by atoms with Crippen LogP contribution in [0.1, 0.15) is 24.8 Å². The lowest BCUT2D eigenvalue weighted by molar-refractivity contribution is -0.136. The molecule has 2 aromatic rings. The largest absolute Gasteiger partial charge is 0.352 e. The van der Waals surface area contributed by atoms with Gasteiger partial charge in [0.15, 0.2) is 0 Å². The zero-order valence-corrected chi connectivity index (χ0v) is 15.4. The molecule has 0 radical (unpaired) electrons. The first-order chi connectivity index (χ1) is 12.7. The van der Waals surface area contributed by atoms with Crippen LogP contribution in [0.3, 0.4) is 0 Å². The maximum atomic E-state index is 12.6. The van der Waals surface area contributed by atoms with Crippen molar-refractivity contribution in [3.63, 3.8) is 0 Å². The van der Waals surface area contributed by atoms with Crippen molar-refractivity contribution in [2.45, 2.75) is 25.8 Å². The zero-order chi connectivity index (χ0) is 17.9. The van der Waals surface area contributed by atoms with Crippen LogP contribution < -0.4 is 10.6 Å². The molecule has 2 aliphatic rings. The molecular formula is C18H23N5O2S. The van der Waals surface area contributed by atoms with Gasteiger partial charge in [0, 0.05) is 32.7 Å². The third-order valence-electron chi connectivity index (χ3n) is 5.27. The number of likely N-dealkylation sites (tertiary alicyclic amines) is 1. The number of hydrogen-bond donors (Lipinski definition) is 2. The van der Waals surface area contributed by atoms with E-state index >= 15 is 0 Å². The number of carbonyl (C=O) groups is 2. The van der Waals surface area contributed by atoms with E-state index in [-0.39, 0.29) is 23.7 Å². The van der Waals surface area contributed by atoms with Crippen LogP contribution in [0.2, 0.25) is 0 Å². The van der Waals surface area contributed by atoms with Crippen molar-refractivity contribution in [1.82, 2.24) is 24.3 Å². The van der Waals surface area contributed by atoms with E-state index in [0.29, 0.717) is 26.1 Å². The van der Waals surface area contributed by atoms with E-state index in [0.717, 1.165) is 42.5 Å². The molecule has 2 amide bonds. The summed E-state index contributed by atoms with van der Waals surface area (Å²) < 4.78 is 8.41. The molecule has 2 N–H and O–H groups in total. The highest BCUT2D eigenvalue weighted by atomic mass is 32.1. The van der Waals surface area contributed by atoms with Gasteiger partial charge in [-0.25, -0.2) is 0 Å². The first kappa shape index (κ1) is 17.4. The maximum Gasteiger partial charge on any atom is 0.226 e. The highest BCUT2D eigenvalue weighted by molar-refractivity contribution is 7.00. The van der Waals surface area contributed by atoms with Gasteiger partial charge in [0.25, 0.3) is 0 Å². The summed E-state index contributed by atoms with van der Waals surface area (Å²) in [6.45, 7) is 3.49. The number of hydrogen-bond acceptors (Lipinski definition) is 6. The van der Waals surface area contributed by atoms with Crippen molar-refractivity contribution in [2.24, 2.45) is 11.8 Å². The first-order valence-corrected chi connectivity index (χ1v) is 9.92. The van der Waals surface area contributed by atoms with Crippen molar-refractivity contribution in [2.75, 3.05) is 26.2 Å². The van der Waals surface area contributed by atoms with Crippen LogP contribution in [0, 0.1) is 11.8 Å². The van der Waals surface area contributed by atoms with Crippen molar-refractivity contribution < 1.29 is 9.59 Å². The van der Waals surface area contributed by atoms with Crippen molar-refractivity contribution >= 4 is 34.6 Å². The molecule has 138 valence electrons. The molecule has 1 aromatic heterocycles. The summed E-state index contributed by atoms with van der Waals surface area (Å²) in [5, 5.41) is 6.27. The highest BCUT2D eigenvalue weighted by Gasteiger charge is 2.33. The molecule has 0 saturated carbocycles. The Morgan fingerprint density at radius 1 is 1.15 bits per heavy atom. The smallest absolute Gasteiger partial charge is 0.226 e. The van der Waals surface area contributed by atoms with Gasteiger partial charge in [-0.2, -0.15) is 8.75 Å². The molecule has 2 fully saturated rings. The van der Waals surface area contributed by atoms with Crippen molar-refractivity contribution in [1.29, 1.82) is 0 Å². The molecule has 0 aliphatic carbocycles. The summed E-state index contributed by atoms with van der Waals surface area (Å²) in [4.78, 5) is 27.1. The summed E-state index contributed by atoms with van der Waals surface area (Å²) in [5.74, 6) is -0.0399. The van der Waals surface area contributed by atoms with Crippen LogP contribution in [0.15, 0.2) is 18.2 Å². The number of fused-ring (bicyclic) bond motifs is 1. The van der Waals surface area contributed by atoms with E-state index in [9.17, 15) is 9.59 Å². The second-order valence-electron chi connectivity index (χ2n) is 7.13. The molecule has 1 aromatic carbocycles. The molecule has 3 heterocycles. The molecule has 2 saturated heterocycles. The molecular weight excluding hydrogens is 350 g/mol. The lowest BCUT2D eigenvalue weighted by Gasteiger charge is -2.31. The number of rotatable bonds is 4. The monoisotopic (exact) mass is 373 g/mol. The van der Waals surface area contributed by atoms with E-state index in [2.05, 4.69) is 19.4 Å². The fourth-order valence-corrected chi connectivity index (χ4v) is 4.31. The van der Waals surface area contributed by atoms with Gasteiger partial charge in [-0.3, -0.25) is 9.59 Å². The minimum atomic E-state index is -0.162. The number of carbonyl (C=O) groups excluding carboxylic acids is 2. The second kappa shape index (κ2) is 7.67. The van der Waals surface area contributed by atoms with Crippen LogP contribution >= 0.6 is 11.7 Å². The summed E-state index contributed by atoms with van der Waals surface area (Å²) in [6.07, 6.45) is 2.81. The number of benzene rings is 1. The molecule has 7 nitrogen and oxygen atoms in total. The first-order valence-electron chi connectivity index (χ1n) is 9.19. The number of nitrogens with zero attached hydrogens (tertiary/aromatic N) is 3. The Hall–Kier alpha value is -2.06. The third kappa shape index (κ3) is 3.71. The normalized spacial score (nSPS) is 23.3. The van der Waals surface area contributed by atoms with Gasteiger partial charge in [-0.05, 0) is 37.0 Å². The lowest BCUT2D eigenvalue weighted by Crippen LogP contribution is -2.48. The van der Waals surface area contributed by atoms with Crippen LogP contribution in [-0.4, -0.2) is 51.6 Å². The average molecular weight is 373 g/mol. The van der Waals surface area contributed by atoms with Crippen LogP contribution in [-0.2, 0) is 16.1 Å². The fourth-order valence-electron chi connectivity index (χ4n) is 3.80. The summed E-state index contributed by atoms with van der Waals surface area (Å²) in [6, 6.07) is 5.84. The van der Waals surface area contributed by atoms with E-state index in [1.165, 1.54) is 11.7 Å². The minimum absolute atomic E-state index is 0.00733. The van der Waals surface area contributed by atoms with Gasteiger partial charge in [0.1, 0.15) is 11.0 Å². The Morgan fingerprint density at radius 3 is 2.77 bits per heavy atom. The lowest BCUT2D eigenvalue weighted by atomic mass is 9.89. The van der Waals surface area contributed by atoms with Crippen LogP contribution in [0.25, 0.3) is 11.0 Å². The Labute approximate surface area is 156 Å². The molecule has 4 rings (SSSR count). The second-order valence-corrected chi connectivity index (χ2v) is 7.65. The standard InChI is InChI=1S/C18H23N5O2S/c24-17(20-9-12-3-4-15-16(7-12)22-26-21-15)13-8-14(11-19-10-13)18(25)23-5-1-2-6-23/h3-4,7,13-14,19H,1-2,5-6,8-11H2,(H,20,24)/t13-,14-/m1/s1. The summed E-state index contributed by atoms with van der Waals surface area (Å²) >= 11 is 1.19. The third-order valence-corrected chi connectivity index (χ3v) is 5.83. The molecule has 0 unspecified atom stereocenters. The topological polar surface area (TPSA) is 87.2 Å². The Balaban J connectivity index is 1.32. The summed E-state index contributed by atoms with van der Waals surface area (Å²) in [7, 11) is 0. The quantitative estimate of drug-likeness (QED) is 0.840. The molecule has 2 atom stereocenters. The molecule has 0 spiro atoms. The number of amides is 2. The number of piperidine rings is 1. The SMILES string of the molecule is O=C(NCc1ccc2nsnc2c1)[C@H]1CNC[C@H](C(=O)N2CCCC2)C1. The van der Waals surface area contributed by atoms with Gasteiger partial charge >= 0.3 is 0 Å². The maximum absolute atomic E-state index is 12.6. The molecule has 26 heavy (non-hydrogen) atoms.